The van der Waals surface area contributed by atoms with Gasteiger partial charge in [-0.1, -0.05) is 0 Å². The van der Waals surface area contributed by atoms with Crippen molar-refractivity contribution in [3.05, 3.63) is 0 Å². The van der Waals surface area contributed by atoms with Gasteiger partial charge in [-0.2, -0.15) is 0 Å². The summed E-state index contributed by atoms with van der Waals surface area (Å²) in [6.07, 6.45) is 6.93. The minimum atomic E-state index is 0.517. The van der Waals surface area contributed by atoms with Crippen LogP contribution in [-0.2, 0) is 4.74 Å². The summed E-state index contributed by atoms with van der Waals surface area (Å²) >= 11 is 0. The van der Waals surface area contributed by atoms with Crippen LogP contribution in [-0.4, -0.2) is 49.8 Å². The van der Waals surface area contributed by atoms with E-state index < -0.39 is 0 Å². The molecule has 0 radical (unpaired) electrons. The number of nitrogens with zero attached hydrogens (tertiary/aromatic N) is 1. The second kappa shape index (κ2) is 5.99. The molecule has 0 aromatic rings. The number of rotatable bonds is 5. The van der Waals surface area contributed by atoms with Crippen molar-refractivity contribution in [1.82, 2.24) is 10.2 Å². The average molecular weight is 226 g/mol. The van der Waals surface area contributed by atoms with E-state index in [0.29, 0.717) is 12.1 Å². The first-order chi connectivity index (χ1) is 7.75. The molecular weight excluding hydrogens is 200 g/mol. The fourth-order valence-corrected chi connectivity index (χ4v) is 2.88. The molecule has 3 atom stereocenters. The zero-order valence-corrected chi connectivity index (χ0v) is 10.7. The van der Waals surface area contributed by atoms with Crippen molar-refractivity contribution < 1.29 is 4.74 Å². The Bertz CT molecular complexity index is 204. The topological polar surface area (TPSA) is 24.5 Å². The van der Waals surface area contributed by atoms with Gasteiger partial charge in [-0.05, 0) is 52.6 Å². The molecule has 0 aliphatic carbocycles. The molecule has 0 aromatic carbocycles. The summed E-state index contributed by atoms with van der Waals surface area (Å²) in [6.45, 7) is 5.68. The predicted molar refractivity (Wildman–Crippen MR) is 66.7 cm³/mol. The first-order valence-corrected chi connectivity index (χ1v) is 6.81. The van der Waals surface area contributed by atoms with Crippen molar-refractivity contribution in [2.75, 3.05) is 26.7 Å². The second-order valence-electron chi connectivity index (χ2n) is 5.46. The van der Waals surface area contributed by atoms with E-state index in [1.807, 2.05) is 0 Å². The summed E-state index contributed by atoms with van der Waals surface area (Å²) in [4.78, 5) is 2.48. The molecule has 94 valence electrons. The van der Waals surface area contributed by atoms with Gasteiger partial charge >= 0.3 is 0 Å². The van der Waals surface area contributed by atoms with Gasteiger partial charge in [0.2, 0.25) is 0 Å². The molecule has 2 aliphatic heterocycles. The first kappa shape index (κ1) is 12.3. The summed E-state index contributed by atoms with van der Waals surface area (Å²) in [7, 11) is 2.24. The van der Waals surface area contributed by atoms with Crippen LogP contribution in [0.2, 0.25) is 0 Å². The van der Waals surface area contributed by atoms with Crippen LogP contribution >= 0.6 is 0 Å². The third-order valence-corrected chi connectivity index (χ3v) is 4.01. The van der Waals surface area contributed by atoms with Gasteiger partial charge in [-0.15, -0.1) is 0 Å². The lowest BCUT2D eigenvalue weighted by atomic mass is 10.1. The molecule has 0 bridgehead atoms. The number of nitrogens with one attached hydrogen (secondary N) is 1. The van der Waals surface area contributed by atoms with Crippen LogP contribution in [0.1, 0.15) is 39.0 Å². The molecule has 2 aliphatic rings. The molecule has 1 N–H and O–H groups in total. The van der Waals surface area contributed by atoms with Gasteiger partial charge in [0, 0.05) is 25.2 Å². The molecule has 3 nitrogen and oxygen atoms in total. The molecule has 3 heteroatoms. The normalized spacial score (nSPS) is 33.4. The Morgan fingerprint density at radius 3 is 2.88 bits per heavy atom. The monoisotopic (exact) mass is 226 g/mol. The maximum atomic E-state index is 5.67. The van der Waals surface area contributed by atoms with Crippen molar-refractivity contribution in [1.29, 1.82) is 0 Å². The lowest BCUT2D eigenvalue weighted by molar-refractivity contribution is 0.0956. The van der Waals surface area contributed by atoms with Gasteiger partial charge in [-0.25, -0.2) is 0 Å². The van der Waals surface area contributed by atoms with Gasteiger partial charge < -0.3 is 15.0 Å². The Labute approximate surface area is 99.5 Å². The van der Waals surface area contributed by atoms with Gasteiger partial charge in [0.15, 0.2) is 0 Å². The standard InChI is InChI=1S/C13H26N2O/c1-11(9-13-6-4-8-16-13)14-10-12-5-3-7-15(12)2/h11-14H,3-10H2,1-2H3. The predicted octanol–water partition coefficient (Wildman–Crippen LogP) is 1.63. The van der Waals surface area contributed by atoms with Crippen molar-refractivity contribution >= 4 is 0 Å². The lowest BCUT2D eigenvalue weighted by Crippen LogP contribution is -2.40. The van der Waals surface area contributed by atoms with E-state index in [-0.39, 0.29) is 0 Å². The van der Waals surface area contributed by atoms with Crippen molar-refractivity contribution in [3.8, 4) is 0 Å². The van der Waals surface area contributed by atoms with Gasteiger partial charge in [0.25, 0.3) is 0 Å². The first-order valence-electron chi connectivity index (χ1n) is 6.81. The summed E-state index contributed by atoms with van der Waals surface area (Å²) in [5.41, 5.74) is 0. The molecule has 2 fully saturated rings. The quantitative estimate of drug-likeness (QED) is 0.771. The molecule has 0 aromatic heterocycles. The maximum absolute atomic E-state index is 5.67. The van der Waals surface area contributed by atoms with E-state index >= 15 is 0 Å². The lowest BCUT2D eigenvalue weighted by Gasteiger charge is -2.23. The Balaban J connectivity index is 1.61. The fraction of sp³-hybridized carbons (Fsp3) is 1.00. The molecule has 0 amide bonds. The van der Waals surface area contributed by atoms with E-state index in [1.54, 1.807) is 0 Å². The fourth-order valence-electron chi connectivity index (χ4n) is 2.88. The Kier molecular flexibility index (Phi) is 4.62. The molecule has 2 saturated heterocycles. The number of ether oxygens (including phenoxy) is 1. The minimum absolute atomic E-state index is 0.517. The molecule has 0 saturated carbocycles. The van der Waals surface area contributed by atoms with E-state index in [9.17, 15) is 0 Å². The van der Waals surface area contributed by atoms with Gasteiger partial charge in [-0.3, -0.25) is 0 Å². The van der Waals surface area contributed by atoms with Crippen LogP contribution in [0.5, 0.6) is 0 Å². The van der Waals surface area contributed by atoms with Gasteiger partial charge in [0.05, 0.1) is 6.10 Å². The number of likely N-dealkylation sites (N-methyl/N-ethyl adjacent to an activating group) is 1. The smallest absolute Gasteiger partial charge is 0.0590 e. The third-order valence-electron chi connectivity index (χ3n) is 4.01. The molecule has 2 heterocycles. The number of hydrogen-bond acceptors (Lipinski definition) is 3. The maximum Gasteiger partial charge on any atom is 0.0590 e. The van der Waals surface area contributed by atoms with Crippen LogP contribution in [0.3, 0.4) is 0 Å². The molecule has 0 spiro atoms. The van der Waals surface area contributed by atoms with Crippen molar-refractivity contribution in [2.45, 2.75) is 57.2 Å². The summed E-state index contributed by atoms with van der Waals surface area (Å²) in [5.74, 6) is 0. The zero-order chi connectivity index (χ0) is 11.4. The molecular formula is C13H26N2O. The highest BCUT2D eigenvalue weighted by Crippen LogP contribution is 2.17. The number of likely N-dealkylation sites (tertiary alicyclic amines) is 1. The van der Waals surface area contributed by atoms with E-state index in [0.717, 1.165) is 19.2 Å². The number of hydrogen-bond donors (Lipinski definition) is 1. The minimum Gasteiger partial charge on any atom is -0.378 e. The summed E-state index contributed by atoms with van der Waals surface area (Å²) in [6, 6.07) is 1.35. The largest absolute Gasteiger partial charge is 0.378 e. The van der Waals surface area contributed by atoms with Crippen LogP contribution < -0.4 is 5.32 Å². The van der Waals surface area contributed by atoms with Crippen LogP contribution in [0, 0.1) is 0 Å². The Morgan fingerprint density at radius 2 is 2.25 bits per heavy atom. The summed E-state index contributed by atoms with van der Waals surface area (Å²) < 4.78 is 5.67. The molecule has 16 heavy (non-hydrogen) atoms. The van der Waals surface area contributed by atoms with E-state index in [2.05, 4.69) is 24.2 Å². The molecule has 3 unspecified atom stereocenters. The third kappa shape index (κ3) is 3.44. The highest BCUT2D eigenvalue weighted by Gasteiger charge is 2.22. The highest BCUT2D eigenvalue weighted by molar-refractivity contribution is 4.80. The Hall–Kier alpha value is -0.120. The van der Waals surface area contributed by atoms with Crippen LogP contribution in [0.15, 0.2) is 0 Å². The van der Waals surface area contributed by atoms with Crippen LogP contribution in [0.4, 0.5) is 0 Å². The van der Waals surface area contributed by atoms with Crippen molar-refractivity contribution in [2.24, 2.45) is 0 Å². The highest BCUT2D eigenvalue weighted by atomic mass is 16.5. The molecule has 2 rings (SSSR count). The SMILES string of the molecule is CC(CC1CCCO1)NCC1CCCN1C. The summed E-state index contributed by atoms with van der Waals surface area (Å²) in [5, 5.41) is 3.66. The van der Waals surface area contributed by atoms with E-state index in [4.69, 9.17) is 4.74 Å². The van der Waals surface area contributed by atoms with E-state index in [1.165, 1.54) is 38.6 Å². The second-order valence-corrected chi connectivity index (χ2v) is 5.46. The van der Waals surface area contributed by atoms with Gasteiger partial charge in [0.1, 0.15) is 0 Å². The van der Waals surface area contributed by atoms with Crippen LogP contribution in [0.25, 0.3) is 0 Å². The van der Waals surface area contributed by atoms with Crippen molar-refractivity contribution in [3.63, 3.8) is 0 Å². The Morgan fingerprint density at radius 1 is 1.38 bits per heavy atom. The average Bonchev–Trinajstić information content (AvgIpc) is 2.87. The zero-order valence-electron chi connectivity index (χ0n) is 10.7.